The van der Waals surface area contributed by atoms with Gasteiger partial charge in [-0.15, -0.1) is 0 Å². The normalized spacial score (nSPS) is 9.62. The Bertz CT molecular complexity index is 404. The van der Waals surface area contributed by atoms with E-state index in [9.17, 15) is 4.79 Å². The van der Waals surface area contributed by atoms with E-state index in [1.165, 1.54) is 12.0 Å². The molecule has 0 saturated carbocycles. The molecule has 1 rings (SSSR count). The van der Waals surface area contributed by atoms with Crippen LogP contribution < -0.4 is 5.73 Å². The number of carbonyl (C=O) groups is 1. The third-order valence-corrected chi connectivity index (χ3v) is 2.14. The Morgan fingerprint density at radius 1 is 1.56 bits per heavy atom. The molecular formula is C11H15N3O2. The maximum Gasteiger partial charge on any atom is 0.409 e. The van der Waals surface area contributed by atoms with Gasteiger partial charge >= 0.3 is 6.09 Å². The molecule has 0 atom stereocenters. The Morgan fingerprint density at radius 3 is 2.81 bits per heavy atom. The quantitative estimate of drug-likeness (QED) is 0.594. The molecule has 0 aliphatic rings. The number of hydrogen-bond acceptors (Lipinski definition) is 3. The fourth-order valence-electron chi connectivity index (χ4n) is 1.33. The molecule has 1 aromatic rings. The van der Waals surface area contributed by atoms with Crippen LogP contribution in [0.5, 0.6) is 0 Å². The first-order valence-electron chi connectivity index (χ1n) is 4.77. The average molecular weight is 221 g/mol. The van der Waals surface area contributed by atoms with Crippen molar-refractivity contribution in [1.82, 2.24) is 4.90 Å². The van der Waals surface area contributed by atoms with Crippen molar-refractivity contribution in [2.24, 2.45) is 5.73 Å². The van der Waals surface area contributed by atoms with Crippen molar-refractivity contribution >= 4 is 11.9 Å². The zero-order valence-corrected chi connectivity index (χ0v) is 9.36. The summed E-state index contributed by atoms with van der Waals surface area (Å²) in [6.45, 7) is 0.424. The van der Waals surface area contributed by atoms with E-state index in [0.29, 0.717) is 12.1 Å². The first-order valence-corrected chi connectivity index (χ1v) is 4.77. The number of methoxy groups -OCH3 is 1. The summed E-state index contributed by atoms with van der Waals surface area (Å²) in [5.41, 5.74) is 6.93. The Labute approximate surface area is 94.3 Å². The number of carbonyl (C=O) groups excluding carboxylic acids is 1. The van der Waals surface area contributed by atoms with Crippen LogP contribution in [0.15, 0.2) is 24.3 Å². The van der Waals surface area contributed by atoms with Crippen LogP contribution in [0.3, 0.4) is 0 Å². The van der Waals surface area contributed by atoms with Crippen LogP contribution in [0.25, 0.3) is 0 Å². The van der Waals surface area contributed by atoms with E-state index in [1.807, 2.05) is 6.07 Å². The molecule has 0 fully saturated rings. The molecule has 5 nitrogen and oxygen atoms in total. The standard InChI is InChI=1S/C11H15N3O2/c1-14(11(15)16-2)7-8-4-3-5-9(6-8)10(12)13/h3-6H,7H2,1-2H3,(H3,12,13). The predicted octanol–water partition coefficient (Wildman–Crippen LogP) is 1.17. The number of amidine groups is 1. The molecule has 3 N–H and O–H groups in total. The van der Waals surface area contributed by atoms with Crippen LogP contribution in [0.2, 0.25) is 0 Å². The van der Waals surface area contributed by atoms with E-state index < -0.39 is 6.09 Å². The summed E-state index contributed by atoms with van der Waals surface area (Å²) in [6.07, 6.45) is -0.395. The second-order valence-electron chi connectivity index (χ2n) is 3.44. The molecule has 0 aliphatic heterocycles. The van der Waals surface area contributed by atoms with Crippen LogP contribution in [-0.4, -0.2) is 31.0 Å². The maximum absolute atomic E-state index is 11.2. The number of nitrogen functional groups attached to an aromatic ring is 1. The van der Waals surface area contributed by atoms with Gasteiger partial charge in [0.2, 0.25) is 0 Å². The van der Waals surface area contributed by atoms with E-state index in [-0.39, 0.29) is 5.84 Å². The van der Waals surface area contributed by atoms with E-state index in [1.54, 1.807) is 25.2 Å². The SMILES string of the molecule is COC(=O)N(C)Cc1cccc(C(=N)N)c1. The smallest absolute Gasteiger partial charge is 0.409 e. The van der Waals surface area contributed by atoms with Crippen molar-refractivity contribution < 1.29 is 9.53 Å². The number of nitrogens with zero attached hydrogens (tertiary/aromatic N) is 1. The molecule has 1 amide bonds. The summed E-state index contributed by atoms with van der Waals surface area (Å²) < 4.78 is 4.58. The van der Waals surface area contributed by atoms with Gasteiger partial charge in [-0.25, -0.2) is 4.79 Å². The topological polar surface area (TPSA) is 79.4 Å². The highest BCUT2D eigenvalue weighted by atomic mass is 16.5. The van der Waals surface area contributed by atoms with E-state index in [0.717, 1.165) is 5.56 Å². The average Bonchev–Trinajstić information content (AvgIpc) is 2.28. The third-order valence-electron chi connectivity index (χ3n) is 2.14. The van der Waals surface area contributed by atoms with Crippen molar-refractivity contribution in [3.8, 4) is 0 Å². The lowest BCUT2D eigenvalue weighted by molar-refractivity contribution is 0.131. The number of benzene rings is 1. The van der Waals surface area contributed by atoms with Gasteiger partial charge in [-0.3, -0.25) is 5.41 Å². The largest absolute Gasteiger partial charge is 0.453 e. The Morgan fingerprint density at radius 2 is 2.25 bits per heavy atom. The molecule has 0 aromatic heterocycles. The second-order valence-corrected chi connectivity index (χ2v) is 3.44. The second kappa shape index (κ2) is 5.16. The van der Waals surface area contributed by atoms with E-state index in [4.69, 9.17) is 11.1 Å². The lowest BCUT2D eigenvalue weighted by Gasteiger charge is -2.15. The first kappa shape index (κ1) is 12.0. The molecule has 0 spiro atoms. The molecule has 0 unspecified atom stereocenters. The molecule has 5 heteroatoms. The first-order chi connectivity index (χ1) is 7.54. The van der Waals surface area contributed by atoms with Gasteiger partial charge in [0.25, 0.3) is 0 Å². The van der Waals surface area contributed by atoms with Gasteiger partial charge < -0.3 is 15.4 Å². The maximum atomic E-state index is 11.2. The molecule has 0 aliphatic carbocycles. The molecule has 1 aromatic carbocycles. The van der Waals surface area contributed by atoms with Crippen LogP contribution in [0, 0.1) is 5.41 Å². The van der Waals surface area contributed by atoms with Crippen LogP contribution in [0.1, 0.15) is 11.1 Å². The Hall–Kier alpha value is -2.04. The van der Waals surface area contributed by atoms with E-state index in [2.05, 4.69) is 4.74 Å². The molecule has 16 heavy (non-hydrogen) atoms. The minimum Gasteiger partial charge on any atom is -0.453 e. The number of hydrogen-bond donors (Lipinski definition) is 2. The Balaban J connectivity index is 2.78. The number of ether oxygens (including phenoxy) is 1. The molecule has 0 bridgehead atoms. The fraction of sp³-hybridized carbons (Fsp3) is 0.273. The Kier molecular flexibility index (Phi) is 3.88. The predicted molar refractivity (Wildman–Crippen MR) is 61.3 cm³/mol. The van der Waals surface area contributed by atoms with Crippen LogP contribution in [0.4, 0.5) is 4.79 Å². The van der Waals surface area contributed by atoms with Gasteiger partial charge in [0.15, 0.2) is 0 Å². The number of amides is 1. The van der Waals surface area contributed by atoms with Crippen molar-refractivity contribution in [1.29, 1.82) is 5.41 Å². The van der Waals surface area contributed by atoms with E-state index >= 15 is 0 Å². The van der Waals surface area contributed by atoms with Crippen LogP contribution >= 0.6 is 0 Å². The fourth-order valence-corrected chi connectivity index (χ4v) is 1.33. The van der Waals surface area contributed by atoms with Crippen LogP contribution in [-0.2, 0) is 11.3 Å². The zero-order valence-electron chi connectivity index (χ0n) is 9.36. The highest BCUT2D eigenvalue weighted by Gasteiger charge is 2.08. The molecule has 0 saturated heterocycles. The van der Waals surface area contributed by atoms with Gasteiger partial charge in [-0.1, -0.05) is 18.2 Å². The summed E-state index contributed by atoms with van der Waals surface area (Å²) in [5, 5.41) is 7.31. The summed E-state index contributed by atoms with van der Waals surface area (Å²) >= 11 is 0. The monoisotopic (exact) mass is 221 g/mol. The van der Waals surface area contributed by atoms with Gasteiger partial charge in [0, 0.05) is 19.2 Å². The molecular weight excluding hydrogens is 206 g/mol. The van der Waals surface area contributed by atoms with Gasteiger partial charge in [-0.05, 0) is 11.6 Å². The molecule has 86 valence electrons. The van der Waals surface area contributed by atoms with Crippen molar-refractivity contribution in [2.75, 3.05) is 14.2 Å². The lowest BCUT2D eigenvalue weighted by atomic mass is 10.1. The van der Waals surface area contributed by atoms with Crippen molar-refractivity contribution in [3.05, 3.63) is 35.4 Å². The van der Waals surface area contributed by atoms with Crippen molar-refractivity contribution in [3.63, 3.8) is 0 Å². The zero-order chi connectivity index (χ0) is 12.1. The highest BCUT2D eigenvalue weighted by molar-refractivity contribution is 5.95. The highest BCUT2D eigenvalue weighted by Crippen LogP contribution is 2.07. The summed E-state index contributed by atoms with van der Waals surface area (Å²) in [5.74, 6) is 0.0163. The number of nitrogens with one attached hydrogen (secondary N) is 1. The minimum atomic E-state index is -0.395. The van der Waals surface area contributed by atoms with Gasteiger partial charge in [0.1, 0.15) is 5.84 Å². The summed E-state index contributed by atoms with van der Waals surface area (Å²) in [4.78, 5) is 12.6. The minimum absolute atomic E-state index is 0.0163. The number of nitrogens with two attached hydrogens (primary N) is 1. The molecule has 0 radical (unpaired) electrons. The number of rotatable bonds is 3. The van der Waals surface area contributed by atoms with Gasteiger partial charge in [-0.2, -0.15) is 0 Å². The summed E-state index contributed by atoms with van der Waals surface area (Å²) in [7, 11) is 2.98. The van der Waals surface area contributed by atoms with Crippen molar-refractivity contribution in [2.45, 2.75) is 6.54 Å². The molecule has 0 heterocycles. The third kappa shape index (κ3) is 2.98. The summed E-state index contributed by atoms with van der Waals surface area (Å²) in [6, 6.07) is 7.20. The van der Waals surface area contributed by atoms with Gasteiger partial charge in [0.05, 0.1) is 7.11 Å². The lowest BCUT2D eigenvalue weighted by Crippen LogP contribution is -2.26.